The van der Waals surface area contributed by atoms with Crippen LogP contribution in [-0.4, -0.2) is 63.5 Å². The van der Waals surface area contributed by atoms with Gasteiger partial charge in [-0.15, -0.1) is 0 Å². The normalized spacial score (nSPS) is 13.7. The van der Waals surface area contributed by atoms with Crippen LogP contribution in [0.4, 0.5) is 13.2 Å². The molecule has 1 aromatic rings. The molecule has 0 saturated carbocycles. The lowest BCUT2D eigenvalue weighted by Gasteiger charge is -2.30. The third-order valence-corrected chi connectivity index (χ3v) is 4.15. The molecule has 0 saturated heterocycles. The van der Waals surface area contributed by atoms with Crippen molar-refractivity contribution in [1.82, 2.24) is 15.5 Å². The molecule has 0 aromatic heterocycles. The Hall–Kier alpha value is -1.80. The number of alkyl halides is 3. The van der Waals surface area contributed by atoms with Crippen LogP contribution >= 0.6 is 0 Å². The number of ether oxygens (including phenoxy) is 1. The fraction of sp³-hybridized carbons (Fsp3) is 0.632. The van der Waals surface area contributed by atoms with Gasteiger partial charge in [0.25, 0.3) is 0 Å². The Labute approximate surface area is 160 Å². The van der Waals surface area contributed by atoms with Gasteiger partial charge in [0.2, 0.25) is 0 Å². The zero-order chi connectivity index (χ0) is 20.1. The van der Waals surface area contributed by atoms with E-state index in [9.17, 15) is 13.2 Å². The lowest BCUT2D eigenvalue weighted by Crippen LogP contribution is -2.43. The zero-order valence-electron chi connectivity index (χ0n) is 16.4. The van der Waals surface area contributed by atoms with Gasteiger partial charge in [0.15, 0.2) is 5.96 Å². The van der Waals surface area contributed by atoms with Crippen LogP contribution in [0.5, 0.6) is 0 Å². The van der Waals surface area contributed by atoms with Crippen molar-refractivity contribution >= 4 is 5.96 Å². The quantitative estimate of drug-likeness (QED) is 0.347. The summed E-state index contributed by atoms with van der Waals surface area (Å²) in [5, 5.41) is 6.42. The molecule has 154 valence electrons. The lowest BCUT2D eigenvalue weighted by molar-refractivity contribution is -0.173. The number of hydrogen-bond donors (Lipinski definition) is 2. The van der Waals surface area contributed by atoms with Crippen LogP contribution in [0.2, 0.25) is 0 Å². The molecule has 1 aromatic carbocycles. The maximum Gasteiger partial charge on any atom is 0.411 e. The molecule has 0 aliphatic rings. The van der Waals surface area contributed by atoms with Crippen LogP contribution in [-0.2, 0) is 4.74 Å². The summed E-state index contributed by atoms with van der Waals surface area (Å²) in [5.41, 5.74) is 1.23. The van der Waals surface area contributed by atoms with E-state index in [-0.39, 0.29) is 12.6 Å². The van der Waals surface area contributed by atoms with Crippen molar-refractivity contribution in [2.24, 2.45) is 4.99 Å². The van der Waals surface area contributed by atoms with Crippen molar-refractivity contribution < 1.29 is 17.9 Å². The van der Waals surface area contributed by atoms with Crippen molar-refractivity contribution in [1.29, 1.82) is 0 Å². The molecule has 0 radical (unpaired) electrons. The van der Waals surface area contributed by atoms with Crippen LogP contribution < -0.4 is 10.6 Å². The van der Waals surface area contributed by atoms with Crippen LogP contribution in [0.15, 0.2) is 35.3 Å². The number of benzene rings is 1. The molecule has 0 aliphatic heterocycles. The molecule has 0 heterocycles. The van der Waals surface area contributed by atoms with E-state index < -0.39 is 12.8 Å². The van der Waals surface area contributed by atoms with Crippen LogP contribution in [0.3, 0.4) is 0 Å². The molecule has 27 heavy (non-hydrogen) atoms. The highest BCUT2D eigenvalue weighted by Gasteiger charge is 2.27. The molecular formula is C19H31F3N4O. The molecule has 0 bridgehead atoms. The van der Waals surface area contributed by atoms with Gasteiger partial charge in [-0.25, -0.2) is 0 Å². The van der Waals surface area contributed by atoms with Crippen molar-refractivity contribution in [2.75, 3.05) is 46.4 Å². The summed E-state index contributed by atoms with van der Waals surface area (Å²) in [6, 6.07) is 10.5. The molecule has 1 atom stereocenters. The topological polar surface area (TPSA) is 48.9 Å². The number of aliphatic imine (C=N–C) groups is 1. The minimum atomic E-state index is -4.28. The first kappa shape index (κ1) is 23.2. The number of halogens is 3. The second-order valence-electron chi connectivity index (χ2n) is 6.05. The van der Waals surface area contributed by atoms with Gasteiger partial charge in [0, 0.05) is 26.7 Å². The Bertz CT molecular complexity index is 534. The summed E-state index contributed by atoms with van der Waals surface area (Å²) in [6.07, 6.45) is -3.81. The summed E-state index contributed by atoms with van der Waals surface area (Å²) >= 11 is 0. The van der Waals surface area contributed by atoms with Gasteiger partial charge >= 0.3 is 6.18 Å². The summed E-state index contributed by atoms with van der Waals surface area (Å²) in [5.74, 6) is 0.624. The van der Waals surface area contributed by atoms with Gasteiger partial charge in [0.1, 0.15) is 6.61 Å². The Balaban J connectivity index is 2.46. The van der Waals surface area contributed by atoms with Gasteiger partial charge in [-0.05, 0) is 25.1 Å². The summed E-state index contributed by atoms with van der Waals surface area (Å²) in [7, 11) is 1.67. The Morgan fingerprint density at radius 2 is 1.81 bits per heavy atom. The predicted molar refractivity (Wildman–Crippen MR) is 103 cm³/mol. The molecular weight excluding hydrogens is 357 g/mol. The van der Waals surface area contributed by atoms with Crippen LogP contribution in [0.25, 0.3) is 0 Å². The number of guanidine groups is 1. The lowest BCUT2D eigenvalue weighted by atomic mass is 10.1. The third-order valence-electron chi connectivity index (χ3n) is 4.15. The standard InChI is InChI=1S/C19H31F3N4O/c1-4-26(5-2)17(16-10-7-6-8-11-16)14-25-18(23-3)24-12-9-13-27-15-19(20,21)22/h6-8,10-11,17H,4-5,9,12-15H2,1-3H3,(H2,23,24,25). The summed E-state index contributed by atoms with van der Waals surface area (Å²) < 4.78 is 40.6. The van der Waals surface area contributed by atoms with Crippen LogP contribution in [0.1, 0.15) is 31.9 Å². The van der Waals surface area contributed by atoms with Gasteiger partial charge < -0.3 is 15.4 Å². The molecule has 0 amide bonds. The number of nitrogens with one attached hydrogen (secondary N) is 2. The smallest absolute Gasteiger partial charge is 0.372 e. The number of hydrogen-bond acceptors (Lipinski definition) is 3. The first-order chi connectivity index (χ1) is 12.9. The summed E-state index contributed by atoms with van der Waals surface area (Å²) in [4.78, 5) is 6.54. The Kier molecular flexibility index (Phi) is 10.8. The van der Waals surface area contributed by atoms with Crippen LogP contribution in [0, 0.1) is 0 Å². The fourth-order valence-electron chi connectivity index (χ4n) is 2.78. The van der Waals surface area contributed by atoms with Crippen molar-refractivity contribution in [2.45, 2.75) is 32.5 Å². The third kappa shape index (κ3) is 9.63. The van der Waals surface area contributed by atoms with Gasteiger partial charge in [-0.1, -0.05) is 44.2 Å². The second kappa shape index (κ2) is 12.6. The number of rotatable bonds is 11. The highest BCUT2D eigenvalue weighted by molar-refractivity contribution is 5.79. The number of nitrogens with zero attached hydrogens (tertiary/aromatic N) is 2. The van der Waals surface area contributed by atoms with E-state index in [1.807, 2.05) is 18.2 Å². The molecule has 5 nitrogen and oxygen atoms in total. The van der Waals surface area contributed by atoms with Crippen molar-refractivity contribution in [3.63, 3.8) is 0 Å². The molecule has 2 N–H and O–H groups in total. The Morgan fingerprint density at radius 3 is 2.37 bits per heavy atom. The SMILES string of the molecule is CCN(CC)C(CNC(=NC)NCCCOCC(F)(F)F)c1ccccc1. The minimum absolute atomic E-state index is 0.0512. The number of likely N-dealkylation sites (N-methyl/N-ethyl adjacent to an activating group) is 1. The van der Waals surface area contributed by atoms with E-state index in [0.717, 1.165) is 13.1 Å². The summed E-state index contributed by atoms with van der Waals surface area (Å²) in [6.45, 7) is 6.13. The maximum absolute atomic E-state index is 12.0. The highest BCUT2D eigenvalue weighted by Crippen LogP contribution is 2.19. The Morgan fingerprint density at radius 1 is 1.15 bits per heavy atom. The second-order valence-corrected chi connectivity index (χ2v) is 6.05. The maximum atomic E-state index is 12.0. The predicted octanol–water partition coefficient (Wildman–Crippen LogP) is 3.20. The monoisotopic (exact) mass is 388 g/mol. The fourth-order valence-corrected chi connectivity index (χ4v) is 2.78. The first-order valence-corrected chi connectivity index (χ1v) is 9.29. The van der Waals surface area contributed by atoms with E-state index in [4.69, 9.17) is 0 Å². The largest absolute Gasteiger partial charge is 0.411 e. The van der Waals surface area contributed by atoms with E-state index in [2.05, 4.69) is 51.2 Å². The molecule has 0 aliphatic carbocycles. The average molecular weight is 388 g/mol. The van der Waals surface area contributed by atoms with E-state index in [1.165, 1.54) is 5.56 Å². The molecule has 0 spiro atoms. The molecule has 1 rings (SSSR count). The molecule has 1 unspecified atom stereocenters. The van der Waals surface area contributed by atoms with E-state index in [0.29, 0.717) is 25.5 Å². The molecule has 0 fully saturated rings. The van der Waals surface area contributed by atoms with Gasteiger partial charge in [-0.2, -0.15) is 13.2 Å². The van der Waals surface area contributed by atoms with Gasteiger partial charge in [-0.3, -0.25) is 9.89 Å². The average Bonchev–Trinajstić information content (AvgIpc) is 2.65. The zero-order valence-corrected chi connectivity index (χ0v) is 16.4. The van der Waals surface area contributed by atoms with E-state index >= 15 is 0 Å². The van der Waals surface area contributed by atoms with Crippen molar-refractivity contribution in [3.8, 4) is 0 Å². The van der Waals surface area contributed by atoms with E-state index in [1.54, 1.807) is 7.05 Å². The minimum Gasteiger partial charge on any atom is -0.372 e. The highest BCUT2D eigenvalue weighted by atomic mass is 19.4. The first-order valence-electron chi connectivity index (χ1n) is 9.29. The van der Waals surface area contributed by atoms with Crippen molar-refractivity contribution in [3.05, 3.63) is 35.9 Å². The molecule has 8 heteroatoms. The van der Waals surface area contributed by atoms with Gasteiger partial charge in [0.05, 0.1) is 6.04 Å².